The second-order valence-electron chi connectivity index (χ2n) is 7.03. The first-order chi connectivity index (χ1) is 13.6. The number of nitrogens with one attached hydrogen (secondary N) is 2. The van der Waals surface area contributed by atoms with E-state index in [4.69, 9.17) is 9.15 Å². The number of benzene rings is 1. The van der Waals surface area contributed by atoms with Crippen LogP contribution in [0.5, 0.6) is 0 Å². The molecule has 0 aliphatic carbocycles. The molecule has 0 bridgehead atoms. The van der Waals surface area contributed by atoms with Crippen molar-refractivity contribution in [2.45, 2.75) is 19.3 Å². The van der Waals surface area contributed by atoms with Crippen molar-refractivity contribution in [2.75, 3.05) is 40.0 Å². The predicted octanol–water partition coefficient (Wildman–Crippen LogP) is 1.98. The van der Waals surface area contributed by atoms with Crippen molar-refractivity contribution in [3.63, 3.8) is 0 Å². The van der Waals surface area contributed by atoms with Gasteiger partial charge in [0, 0.05) is 50.8 Å². The topological polar surface area (TPSA) is 91.9 Å². The van der Waals surface area contributed by atoms with Crippen molar-refractivity contribution >= 4 is 5.96 Å². The van der Waals surface area contributed by atoms with E-state index < -0.39 is 0 Å². The monoisotopic (exact) mass is 390 g/mol. The van der Waals surface area contributed by atoms with Gasteiger partial charge in [-0.05, 0) is 37.1 Å². The molecule has 152 valence electrons. The van der Waals surface area contributed by atoms with Gasteiger partial charge < -0.3 is 24.9 Å². The summed E-state index contributed by atoms with van der Waals surface area (Å²) < 4.78 is 24.0. The largest absolute Gasteiger partial charge is 0.444 e. The van der Waals surface area contributed by atoms with Gasteiger partial charge in [0.2, 0.25) is 5.89 Å². The zero-order valence-corrected chi connectivity index (χ0v) is 16.1. The maximum Gasteiger partial charge on any atom is 0.226 e. The molecular weight excluding hydrogens is 363 g/mol. The summed E-state index contributed by atoms with van der Waals surface area (Å²) in [5.74, 6) is 0.889. The van der Waals surface area contributed by atoms with Crippen LogP contribution in [0.25, 0.3) is 11.5 Å². The fraction of sp³-hybridized carbons (Fsp3) is 0.500. The number of aliphatic hydroxyl groups is 1. The average Bonchev–Trinajstić information content (AvgIpc) is 3.36. The van der Waals surface area contributed by atoms with Gasteiger partial charge in [-0.25, -0.2) is 9.37 Å². The Morgan fingerprint density at radius 3 is 2.82 bits per heavy atom. The number of hydrogen-bond acceptors (Lipinski definition) is 5. The number of aliphatic hydroxyl groups excluding tert-OH is 1. The van der Waals surface area contributed by atoms with Gasteiger partial charge in [-0.3, -0.25) is 4.99 Å². The van der Waals surface area contributed by atoms with Gasteiger partial charge in [-0.15, -0.1) is 0 Å². The third-order valence-electron chi connectivity index (χ3n) is 5.00. The molecular formula is C20H27FN4O3. The molecule has 3 rings (SSSR count). The Morgan fingerprint density at radius 2 is 2.14 bits per heavy atom. The molecule has 2 aromatic rings. The third-order valence-corrected chi connectivity index (χ3v) is 5.00. The molecule has 8 heteroatoms. The lowest BCUT2D eigenvalue weighted by atomic mass is 9.84. The van der Waals surface area contributed by atoms with Crippen LogP contribution in [0.1, 0.15) is 18.5 Å². The molecule has 1 aliphatic rings. The number of halogens is 1. The van der Waals surface area contributed by atoms with E-state index in [1.54, 1.807) is 25.4 Å². The average molecular weight is 390 g/mol. The van der Waals surface area contributed by atoms with Crippen LogP contribution >= 0.6 is 0 Å². The molecule has 1 aromatic heterocycles. The van der Waals surface area contributed by atoms with Crippen LogP contribution in [0.2, 0.25) is 0 Å². The maximum absolute atomic E-state index is 13.0. The summed E-state index contributed by atoms with van der Waals surface area (Å²) in [6.45, 7) is 2.88. The maximum atomic E-state index is 13.0. The third kappa shape index (κ3) is 5.30. The standard InChI is InChI=1S/C20H27FN4O3/c1-22-19(24-13-20(7-10-26)8-11-27-14-20)23-9-6-17-12-28-18(25-17)15-2-4-16(21)5-3-15/h2-5,12,26H,6-11,13-14H2,1H3,(H2,22,23,24). The van der Waals surface area contributed by atoms with Gasteiger partial charge in [-0.2, -0.15) is 0 Å². The van der Waals surface area contributed by atoms with Crippen LogP contribution in [0.15, 0.2) is 39.9 Å². The van der Waals surface area contributed by atoms with Gasteiger partial charge in [0.15, 0.2) is 5.96 Å². The zero-order chi connectivity index (χ0) is 19.8. The molecule has 1 atom stereocenters. The minimum absolute atomic E-state index is 0.0391. The number of nitrogens with zero attached hydrogens (tertiary/aromatic N) is 2. The first-order valence-corrected chi connectivity index (χ1v) is 9.48. The minimum atomic E-state index is -0.288. The molecule has 1 unspecified atom stereocenters. The quantitative estimate of drug-likeness (QED) is 0.472. The van der Waals surface area contributed by atoms with Crippen LogP contribution in [0.3, 0.4) is 0 Å². The molecule has 0 amide bonds. The van der Waals surface area contributed by atoms with Crippen molar-refractivity contribution in [2.24, 2.45) is 10.4 Å². The predicted molar refractivity (Wildman–Crippen MR) is 105 cm³/mol. The lowest BCUT2D eigenvalue weighted by Gasteiger charge is -2.27. The van der Waals surface area contributed by atoms with Crippen molar-refractivity contribution < 1.29 is 18.7 Å². The summed E-state index contributed by atoms with van der Waals surface area (Å²) in [4.78, 5) is 8.69. The van der Waals surface area contributed by atoms with E-state index in [0.29, 0.717) is 44.4 Å². The van der Waals surface area contributed by atoms with Gasteiger partial charge in [0.05, 0.1) is 12.3 Å². The fourth-order valence-corrected chi connectivity index (χ4v) is 3.26. The van der Waals surface area contributed by atoms with Gasteiger partial charge in [0.25, 0.3) is 0 Å². The second kappa shape index (κ2) is 9.66. The Labute approximate surface area is 164 Å². The Balaban J connectivity index is 1.46. The lowest BCUT2D eigenvalue weighted by Crippen LogP contribution is -2.45. The number of oxazole rings is 1. The molecule has 1 saturated heterocycles. The van der Waals surface area contributed by atoms with E-state index in [9.17, 15) is 9.50 Å². The van der Waals surface area contributed by atoms with Crippen LogP contribution < -0.4 is 10.6 Å². The highest BCUT2D eigenvalue weighted by Gasteiger charge is 2.34. The van der Waals surface area contributed by atoms with Crippen LogP contribution in [0.4, 0.5) is 4.39 Å². The molecule has 0 radical (unpaired) electrons. The summed E-state index contributed by atoms with van der Waals surface area (Å²) in [6, 6.07) is 6.05. The lowest BCUT2D eigenvalue weighted by molar-refractivity contribution is 0.127. The number of hydrogen-bond donors (Lipinski definition) is 3. The summed E-state index contributed by atoms with van der Waals surface area (Å²) in [7, 11) is 1.72. The van der Waals surface area contributed by atoms with E-state index >= 15 is 0 Å². The Bertz CT molecular complexity index is 770. The Kier molecular flexibility index (Phi) is 7.00. The normalized spacial score (nSPS) is 19.8. The van der Waals surface area contributed by atoms with Gasteiger partial charge in [-0.1, -0.05) is 0 Å². The summed E-state index contributed by atoms with van der Waals surface area (Å²) in [5.41, 5.74) is 1.51. The summed E-state index contributed by atoms with van der Waals surface area (Å²) in [5, 5.41) is 15.9. The first-order valence-electron chi connectivity index (χ1n) is 9.48. The van der Waals surface area contributed by atoms with Crippen molar-refractivity contribution in [3.8, 4) is 11.5 Å². The number of rotatable bonds is 8. The smallest absolute Gasteiger partial charge is 0.226 e. The second-order valence-corrected chi connectivity index (χ2v) is 7.03. The SMILES string of the molecule is CN=C(NCCc1coc(-c2ccc(F)cc2)n1)NCC1(CCO)CCOC1. The molecule has 28 heavy (non-hydrogen) atoms. The Morgan fingerprint density at radius 1 is 1.32 bits per heavy atom. The summed E-state index contributed by atoms with van der Waals surface area (Å²) in [6.07, 6.45) is 3.92. The Hall–Kier alpha value is -2.45. The fourth-order valence-electron chi connectivity index (χ4n) is 3.26. The molecule has 1 aliphatic heterocycles. The van der Waals surface area contributed by atoms with E-state index in [2.05, 4.69) is 20.6 Å². The molecule has 7 nitrogen and oxygen atoms in total. The highest BCUT2D eigenvalue weighted by atomic mass is 19.1. The number of aliphatic imine (C=N–C) groups is 1. The van der Waals surface area contributed by atoms with Crippen molar-refractivity contribution in [1.29, 1.82) is 0 Å². The molecule has 1 fully saturated rings. The molecule has 1 aromatic carbocycles. The van der Waals surface area contributed by atoms with Gasteiger partial charge in [0.1, 0.15) is 12.1 Å². The zero-order valence-electron chi connectivity index (χ0n) is 16.1. The van der Waals surface area contributed by atoms with E-state index in [-0.39, 0.29) is 17.8 Å². The van der Waals surface area contributed by atoms with E-state index in [1.165, 1.54) is 12.1 Å². The van der Waals surface area contributed by atoms with Crippen molar-refractivity contribution in [1.82, 2.24) is 15.6 Å². The molecule has 0 saturated carbocycles. The van der Waals surface area contributed by atoms with Crippen LogP contribution in [-0.2, 0) is 11.2 Å². The van der Waals surface area contributed by atoms with Crippen LogP contribution in [0, 0.1) is 11.2 Å². The van der Waals surface area contributed by atoms with Crippen molar-refractivity contribution in [3.05, 3.63) is 42.0 Å². The number of ether oxygens (including phenoxy) is 1. The number of aromatic nitrogens is 1. The first kappa shape index (κ1) is 20.3. The molecule has 2 heterocycles. The van der Waals surface area contributed by atoms with E-state index in [0.717, 1.165) is 24.3 Å². The highest BCUT2D eigenvalue weighted by molar-refractivity contribution is 5.79. The minimum Gasteiger partial charge on any atom is -0.444 e. The highest BCUT2D eigenvalue weighted by Crippen LogP contribution is 2.31. The molecule has 0 spiro atoms. The molecule has 3 N–H and O–H groups in total. The van der Waals surface area contributed by atoms with Crippen LogP contribution in [-0.4, -0.2) is 56.0 Å². The summed E-state index contributed by atoms with van der Waals surface area (Å²) >= 11 is 0. The van der Waals surface area contributed by atoms with Gasteiger partial charge >= 0.3 is 0 Å². The number of guanidine groups is 1. The van der Waals surface area contributed by atoms with E-state index in [1.807, 2.05) is 0 Å².